The van der Waals surface area contributed by atoms with Crippen LogP contribution in [-0.2, 0) is 6.54 Å². The Kier molecular flexibility index (Phi) is 5.28. The Morgan fingerprint density at radius 1 is 1.21 bits per heavy atom. The minimum atomic E-state index is -0.388. The van der Waals surface area contributed by atoms with Crippen molar-refractivity contribution in [2.75, 3.05) is 10.6 Å². The van der Waals surface area contributed by atoms with Crippen LogP contribution in [0.1, 0.15) is 11.1 Å². The van der Waals surface area contributed by atoms with E-state index in [-0.39, 0.29) is 5.63 Å². The minimum Gasteiger partial charge on any atom is -0.423 e. The van der Waals surface area contributed by atoms with Crippen molar-refractivity contribution in [1.82, 2.24) is 14.8 Å². The van der Waals surface area contributed by atoms with Crippen molar-refractivity contribution >= 4 is 51.5 Å². The van der Waals surface area contributed by atoms with Gasteiger partial charge in [-0.25, -0.2) is 14.5 Å². The molecule has 4 aromatic rings. The van der Waals surface area contributed by atoms with Crippen molar-refractivity contribution < 1.29 is 4.42 Å². The third kappa shape index (κ3) is 4.44. The van der Waals surface area contributed by atoms with E-state index < -0.39 is 0 Å². The molecular formula is C20H16ClN5O2S. The molecule has 0 aliphatic heterocycles. The molecule has 0 atom stereocenters. The second-order valence-corrected chi connectivity index (χ2v) is 7.21. The zero-order valence-electron chi connectivity index (χ0n) is 15.3. The van der Waals surface area contributed by atoms with Crippen LogP contribution in [0.15, 0.2) is 64.1 Å². The predicted octanol–water partition coefficient (Wildman–Crippen LogP) is 4.20. The third-order valence-corrected chi connectivity index (χ3v) is 4.83. The molecule has 0 radical (unpaired) electrons. The number of benzene rings is 2. The monoisotopic (exact) mass is 425 g/mol. The number of nitrogens with one attached hydrogen (secondary N) is 2. The van der Waals surface area contributed by atoms with Gasteiger partial charge in [-0.15, -0.1) is 5.10 Å². The van der Waals surface area contributed by atoms with Crippen LogP contribution in [0.5, 0.6) is 0 Å². The molecule has 0 fully saturated rings. The van der Waals surface area contributed by atoms with Gasteiger partial charge in [-0.2, -0.15) is 0 Å². The topological polar surface area (TPSA) is 85.0 Å². The van der Waals surface area contributed by atoms with Gasteiger partial charge >= 0.3 is 5.63 Å². The van der Waals surface area contributed by atoms with E-state index in [1.807, 2.05) is 43.3 Å². The van der Waals surface area contributed by atoms with Crippen molar-refractivity contribution in [2.24, 2.45) is 0 Å². The summed E-state index contributed by atoms with van der Waals surface area (Å²) in [6, 6.07) is 14.5. The van der Waals surface area contributed by atoms with Crippen LogP contribution in [0.3, 0.4) is 0 Å². The molecule has 0 aliphatic rings. The van der Waals surface area contributed by atoms with Crippen LogP contribution in [0, 0.1) is 6.92 Å². The summed E-state index contributed by atoms with van der Waals surface area (Å²) in [5.74, 6) is 0.359. The summed E-state index contributed by atoms with van der Waals surface area (Å²) in [6.07, 6.45) is 1.60. The lowest BCUT2D eigenvalue weighted by Crippen LogP contribution is -2.20. The number of rotatable bonds is 4. The molecule has 0 amide bonds. The summed E-state index contributed by atoms with van der Waals surface area (Å²) in [5.41, 5.74) is 2.58. The lowest BCUT2D eigenvalue weighted by atomic mass is 10.1. The van der Waals surface area contributed by atoms with E-state index in [2.05, 4.69) is 20.7 Å². The molecule has 0 saturated carbocycles. The van der Waals surface area contributed by atoms with Crippen LogP contribution >= 0.6 is 23.8 Å². The van der Waals surface area contributed by atoms with Crippen molar-refractivity contribution in [3.05, 3.63) is 81.4 Å². The molecule has 0 spiro atoms. The molecule has 9 heteroatoms. The second kappa shape index (κ2) is 8.02. The first-order valence-corrected chi connectivity index (χ1v) is 9.52. The lowest BCUT2D eigenvalue weighted by molar-refractivity contribution is 0.560. The molecule has 2 aromatic heterocycles. The average Bonchev–Trinajstić information content (AvgIpc) is 3.10. The van der Waals surface area contributed by atoms with Crippen molar-refractivity contribution in [3.8, 4) is 0 Å². The fraction of sp³-hybridized carbons (Fsp3) is 0.100. The Labute approximate surface area is 176 Å². The van der Waals surface area contributed by atoms with Gasteiger partial charge in [-0.3, -0.25) is 5.32 Å². The second-order valence-electron chi connectivity index (χ2n) is 6.40. The fourth-order valence-electron chi connectivity index (χ4n) is 2.90. The van der Waals surface area contributed by atoms with Crippen LogP contribution in [0.2, 0.25) is 5.02 Å². The summed E-state index contributed by atoms with van der Waals surface area (Å²) in [5, 5.41) is 12.2. The largest absolute Gasteiger partial charge is 0.423 e. The Morgan fingerprint density at radius 2 is 2.03 bits per heavy atom. The molecule has 0 bridgehead atoms. The molecule has 2 N–H and O–H groups in total. The summed E-state index contributed by atoms with van der Waals surface area (Å²) >= 11 is 11.5. The summed E-state index contributed by atoms with van der Waals surface area (Å²) in [7, 11) is 0. The average molecular weight is 426 g/mol. The number of nitrogens with zero attached hydrogens (tertiary/aromatic N) is 3. The summed E-state index contributed by atoms with van der Waals surface area (Å²) in [6.45, 7) is 2.36. The van der Waals surface area contributed by atoms with Gasteiger partial charge < -0.3 is 9.73 Å². The molecule has 0 unspecified atom stereocenters. The molecular weight excluding hydrogens is 410 g/mol. The number of anilines is 2. The maximum absolute atomic E-state index is 11.6. The van der Waals surface area contributed by atoms with Crippen LogP contribution in [0.4, 0.5) is 11.6 Å². The van der Waals surface area contributed by atoms with Gasteiger partial charge in [0.15, 0.2) is 5.11 Å². The van der Waals surface area contributed by atoms with Gasteiger partial charge in [0.25, 0.3) is 0 Å². The van der Waals surface area contributed by atoms with Crippen molar-refractivity contribution in [3.63, 3.8) is 0 Å². The number of aryl methyl sites for hydroxylation is 1. The van der Waals surface area contributed by atoms with Gasteiger partial charge in [0.1, 0.15) is 11.9 Å². The van der Waals surface area contributed by atoms with Gasteiger partial charge in [0.2, 0.25) is 5.95 Å². The quantitative estimate of drug-likeness (QED) is 0.374. The Balaban J connectivity index is 1.44. The van der Waals surface area contributed by atoms with Crippen LogP contribution < -0.4 is 16.3 Å². The van der Waals surface area contributed by atoms with E-state index in [1.54, 1.807) is 17.1 Å². The van der Waals surface area contributed by atoms with Gasteiger partial charge in [-0.1, -0.05) is 29.8 Å². The van der Waals surface area contributed by atoms with Gasteiger partial charge in [0, 0.05) is 28.2 Å². The number of fused-ring (bicyclic) bond motifs is 1. The molecule has 4 rings (SSSR count). The van der Waals surface area contributed by atoms with E-state index in [0.29, 0.717) is 33.9 Å². The fourth-order valence-corrected chi connectivity index (χ4v) is 3.30. The zero-order valence-corrected chi connectivity index (χ0v) is 16.9. The Bertz CT molecular complexity index is 1270. The molecule has 0 aliphatic carbocycles. The van der Waals surface area contributed by atoms with Crippen molar-refractivity contribution in [1.29, 1.82) is 0 Å². The number of hydrogen-bond acceptors (Lipinski definition) is 5. The summed E-state index contributed by atoms with van der Waals surface area (Å²) in [4.78, 5) is 15.8. The normalized spacial score (nSPS) is 10.8. The zero-order chi connectivity index (χ0) is 20.4. The van der Waals surface area contributed by atoms with Gasteiger partial charge in [-0.05, 0) is 48.5 Å². The van der Waals surface area contributed by atoms with E-state index in [4.69, 9.17) is 28.2 Å². The first kappa shape index (κ1) is 19.1. The first-order valence-electron chi connectivity index (χ1n) is 8.73. The number of halogens is 1. The van der Waals surface area contributed by atoms with E-state index in [0.717, 1.165) is 16.5 Å². The molecule has 29 heavy (non-hydrogen) atoms. The number of thiocarbonyl (C=S) groups is 1. The highest BCUT2D eigenvalue weighted by molar-refractivity contribution is 7.80. The predicted molar refractivity (Wildman–Crippen MR) is 118 cm³/mol. The summed E-state index contributed by atoms with van der Waals surface area (Å²) < 4.78 is 6.92. The molecule has 7 nitrogen and oxygen atoms in total. The smallest absolute Gasteiger partial charge is 0.336 e. The van der Waals surface area contributed by atoms with Crippen LogP contribution in [-0.4, -0.2) is 19.9 Å². The molecule has 0 saturated heterocycles. The number of aromatic nitrogens is 3. The van der Waals surface area contributed by atoms with E-state index in [9.17, 15) is 4.79 Å². The minimum absolute atomic E-state index is 0.315. The molecule has 2 aromatic carbocycles. The molecule has 2 heterocycles. The Hall–Kier alpha value is -3.23. The highest BCUT2D eigenvalue weighted by atomic mass is 35.5. The van der Waals surface area contributed by atoms with E-state index in [1.165, 1.54) is 6.07 Å². The maximum atomic E-state index is 11.6. The Morgan fingerprint density at radius 3 is 2.86 bits per heavy atom. The SMILES string of the molecule is Cc1cc(=O)oc2cc(NC(=S)Nc3ncn(Cc4ccccc4Cl)n3)ccc12. The first-order chi connectivity index (χ1) is 14.0. The van der Waals surface area contributed by atoms with Gasteiger partial charge in [0.05, 0.1) is 6.54 Å². The lowest BCUT2D eigenvalue weighted by Gasteiger charge is -2.09. The standard InChI is InChI=1S/C20H16ClN5O2S/c1-12-8-18(27)28-17-9-14(6-7-15(12)17)23-20(29)24-19-22-11-26(25-19)10-13-4-2-3-5-16(13)21/h2-9,11H,10H2,1H3,(H2,23,24,25,29). The third-order valence-electron chi connectivity index (χ3n) is 4.26. The maximum Gasteiger partial charge on any atom is 0.336 e. The van der Waals surface area contributed by atoms with Crippen LogP contribution in [0.25, 0.3) is 11.0 Å². The van der Waals surface area contributed by atoms with Crippen molar-refractivity contribution in [2.45, 2.75) is 13.5 Å². The van der Waals surface area contributed by atoms with E-state index >= 15 is 0 Å². The number of hydrogen-bond donors (Lipinski definition) is 2. The highest BCUT2D eigenvalue weighted by Crippen LogP contribution is 2.21. The highest BCUT2D eigenvalue weighted by Gasteiger charge is 2.08. The molecule has 146 valence electrons.